The van der Waals surface area contributed by atoms with Crippen molar-refractivity contribution >= 4 is 11.6 Å². The van der Waals surface area contributed by atoms with Crippen LogP contribution in [-0.4, -0.2) is 49.4 Å². The maximum atomic E-state index is 14.7. The molecule has 9 heteroatoms. The average molecular weight is 444 g/mol. The van der Waals surface area contributed by atoms with E-state index in [1.165, 1.54) is 0 Å². The minimum Gasteiger partial charge on any atom is -0.507 e. The van der Waals surface area contributed by atoms with Crippen LogP contribution in [0.1, 0.15) is 25.7 Å². The van der Waals surface area contributed by atoms with Gasteiger partial charge in [0.1, 0.15) is 11.9 Å². The smallest absolute Gasteiger partial charge is 0.233 e. The van der Waals surface area contributed by atoms with Crippen molar-refractivity contribution in [1.82, 2.24) is 25.3 Å². The quantitative estimate of drug-likeness (QED) is 0.636. The van der Waals surface area contributed by atoms with Gasteiger partial charge >= 0.3 is 0 Å². The second-order valence-electron chi connectivity index (χ2n) is 8.25. The molecule has 0 radical (unpaired) electrons. The van der Waals surface area contributed by atoms with E-state index in [2.05, 4.69) is 20.6 Å². The zero-order chi connectivity index (χ0) is 21.5. The van der Waals surface area contributed by atoms with Gasteiger partial charge in [-0.2, -0.15) is 5.10 Å². The van der Waals surface area contributed by atoms with Crippen LogP contribution >= 0.6 is 11.6 Å². The van der Waals surface area contributed by atoms with Crippen LogP contribution in [0, 0.1) is 0 Å². The Balaban J connectivity index is 1.35. The van der Waals surface area contributed by atoms with E-state index in [-0.39, 0.29) is 17.7 Å². The summed E-state index contributed by atoms with van der Waals surface area (Å²) in [5, 5.41) is 26.8. The molecule has 2 bridgehead atoms. The van der Waals surface area contributed by atoms with Gasteiger partial charge in [-0.05, 0) is 31.0 Å². The number of rotatable bonds is 4. The number of benzene rings is 1. The number of hydrogen-bond acceptors (Lipinski definition) is 6. The molecule has 3 aromatic rings. The standard InChI is InChI=1S/C22H23ClFN5O2/c1-29-11-12(10-25-29)14-9-19(30)15(8-16(14)23)17-5-6-21(28-27-17)31-20-7-13-3-2-4-18(26-13)22(20)24/h5-6,8-11,13,18,20,22,26,30H,2-4,7H2,1H3/t13-,18+,20-,22+/m1/s1. The summed E-state index contributed by atoms with van der Waals surface area (Å²) >= 11 is 6.45. The highest BCUT2D eigenvalue weighted by atomic mass is 35.5. The number of halogens is 2. The number of phenolic OH excluding ortho intramolecular Hbond substituents is 1. The van der Waals surface area contributed by atoms with Gasteiger partial charge in [0.05, 0.1) is 11.9 Å². The fraction of sp³-hybridized carbons (Fsp3) is 0.409. The van der Waals surface area contributed by atoms with Crippen LogP contribution in [0.4, 0.5) is 4.39 Å². The first kappa shape index (κ1) is 20.2. The van der Waals surface area contributed by atoms with Crippen molar-refractivity contribution in [3.8, 4) is 34.0 Å². The molecule has 7 nitrogen and oxygen atoms in total. The Hall–Kier alpha value is -2.71. The average Bonchev–Trinajstić information content (AvgIpc) is 3.20. The first-order valence-electron chi connectivity index (χ1n) is 10.4. The van der Waals surface area contributed by atoms with E-state index < -0.39 is 12.3 Å². The summed E-state index contributed by atoms with van der Waals surface area (Å²) < 4.78 is 22.2. The number of alkyl halides is 1. The van der Waals surface area contributed by atoms with Crippen molar-refractivity contribution in [2.75, 3.05) is 0 Å². The van der Waals surface area contributed by atoms with Crippen molar-refractivity contribution in [2.45, 2.75) is 50.0 Å². The molecule has 4 heterocycles. The van der Waals surface area contributed by atoms with Gasteiger partial charge in [0.15, 0.2) is 6.17 Å². The third-order valence-corrected chi connectivity index (χ3v) is 6.38. The van der Waals surface area contributed by atoms with Crippen LogP contribution in [0.2, 0.25) is 5.02 Å². The number of nitrogens with zero attached hydrogens (tertiary/aromatic N) is 4. The SMILES string of the molecule is Cn1cc(-c2cc(O)c(-c3ccc(O[C@@H]4C[C@H]5CCC[C@H](N5)[C@@H]4F)nn3)cc2Cl)cn1. The van der Waals surface area contributed by atoms with Gasteiger partial charge in [-0.1, -0.05) is 18.0 Å². The van der Waals surface area contributed by atoms with E-state index in [0.29, 0.717) is 34.3 Å². The molecule has 5 rings (SSSR count). The lowest BCUT2D eigenvalue weighted by molar-refractivity contribution is 0.00652. The Morgan fingerprint density at radius 1 is 1.23 bits per heavy atom. The molecule has 2 fully saturated rings. The monoisotopic (exact) mass is 443 g/mol. The van der Waals surface area contributed by atoms with Crippen molar-refractivity contribution in [3.05, 3.63) is 41.7 Å². The summed E-state index contributed by atoms with van der Waals surface area (Å²) in [4.78, 5) is 0. The minimum absolute atomic E-state index is 0.0289. The number of aromatic nitrogens is 4. The van der Waals surface area contributed by atoms with E-state index in [9.17, 15) is 9.50 Å². The number of piperidine rings is 2. The van der Waals surface area contributed by atoms with Crippen molar-refractivity contribution in [2.24, 2.45) is 7.05 Å². The van der Waals surface area contributed by atoms with Crippen LogP contribution in [0.25, 0.3) is 22.4 Å². The Morgan fingerprint density at radius 2 is 2.10 bits per heavy atom. The Morgan fingerprint density at radius 3 is 2.84 bits per heavy atom. The molecule has 2 aromatic heterocycles. The zero-order valence-electron chi connectivity index (χ0n) is 17.0. The topological polar surface area (TPSA) is 85.1 Å². The highest BCUT2D eigenvalue weighted by Gasteiger charge is 2.41. The lowest BCUT2D eigenvalue weighted by atomic mass is 9.84. The second kappa shape index (κ2) is 8.09. The van der Waals surface area contributed by atoms with Crippen molar-refractivity contribution in [1.29, 1.82) is 0 Å². The largest absolute Gasteiger partial charge is 0.507 e. The van der Waals surface area contributed by atoms with Gasteiger partial charge < -0.3 is 15.2 Å². The van der Waals surface area contributed by atoms with E-state index in [1.54, 1.807) is 35.1 Å². The fourth-order valence-corrected chi connectivity index (χ4v) is 4.78. The molecular weight excluding hydrogens is 421 g/mol. The lowest BCUT2D eigenvalue weighted by Gasteiger charge is -2.42. The molecule has 2 aliphatic heterocycles. The van der Waals surface area contributed by atoms with E-state index in [0.717, 1.165) is 24.8 Å². The maximum Gasteiger partial charge on any atom is 0.233 e. The molecule has 1 aromatic carbocycles. The van der Waals surface area contributed by atoms with Crippen LogP contribution < -0.4 is 10.1 Å². The molecule has 0 amide bonds. The van der Waals surface area contributed by atoms with Gasteiger partial charge in [-0.3, -0.25) is 4.68 Å². The number of hydrogen-bond donors (Lipinski definition) is 2. The molecule has 2 N–H and O–H groups in total. The maximum absolute atomic E-state index is 14.7. The van der Waals surface area contributed by atoms with Gasteiger partial charge in [-0.25, -0.2) is 4.39 Å². The molecule has 2 saturated heterocycles. The molecule has 0 aliphatic carbocycles. The summed E-state index contributed by atoms with van der Waals surface area (Å²) in [7, 11) is 1.81. The Labute approximate surface area is 184 Å². The number of nitrogens with one attached hydrogen (secondary N) is 1. The molecule has 4 atom stereocenters. The first-order valence-corrected chi connectivity index (χ1v) is 10.8. The van der Waals surface area contributed by atoms with Crippen molar-refractivity contribution in [3.63, 3.8) is 0 Å². The number of phenols is 1. The summed E-state index contributed by atoms with van der Waals surface area (Å²) in [5.41, 5.74) is 2.38. The van der Waals surface area contributed by atoms with Crippen molar-refractivity contribution < 1.29 is 14.2 Å². The van der Waals surface area contributed by atoms with Gasteiger partial charge in [0, 0.05) is 59.5 Å². The summed E-state index contributed by atoms with van der Waals surface area (Å²) in [5.74, 6) is 0.301. The number of aromatic hydroxyl groups is 1. The molecular formula is C22H23ClFN5O2. The Bertz CT molecular complexity index is 1090. The third-order valence-electron chi connectivity index (χ3n) is 6.06. The lowest BCUT2D eigenvalue weighted by Crippen LogP contribution is -2.59. The first-order chi connectivity index (χ1) is 15.0. The predicted octanol–water partition coefficient (Wildman–Crippen LogP) is 3.90. The normalized spacial score (nSPS) is 25.4. The van der Waals surface area contributed by atoms with E-state index >= 15 is 0 Å². The molecule has 2 aliphatic rings. The highest BCUT2D eigenvalue weighted by Crippen LogP contribution is 2.38. The number of aryl methyl sites for hydroxylation is 1. The summed E-state index contributed by atoms with van der Waals surface area (Å²) in [6.07, 6.45) is 5.45. The molecule has 162 valence electrons. The fourth-order valence-electron chi connectivity index (χ4n) is 4.50. The number of fused-ring (bicyclic) bond motifs is 2. The third kappa shape index (κ3) is 3.97. The van der Waals surface area contributed by atoms with Crippen LogP contribution in [0.15, 0.2) is 36.7 Å². The minimum atomic E-state index is -1.07. The van der Waals surface area contributed by atoms with Gasteiger partial charge in [0.25, 0.3) is 0 Å². The highest BCUT2D eigenvalue weighted by molar-refractivity contribution is 6.33. The van der Waals surface area contributed by atoms with E-state index in [4.69, 9.17) is 16.3 Å². The summed E-state index contributed by atoms with van der Waals surface area (Å²) in [6, 6.07) is 6.71. The van der Waals surface area contributed by atoms with Crippen LogP contribution in [0.5, 0.6) is 11.6 Å². The zero-order valence-corrected chi connectivity index (χ0v) is 17.8. The molecule has 0 unspecified atom stereocenters. The van der Waals surface area contributed by atoms with Gasteiger partial charge in [-0.15, -0.1) is 10.2 Å². The second-order valence-corrected chi connectivity index (χ2v) is 8.65. The molecule has 0 saturated carbocycles. The van der Waals surface area contributed by atoms with Gasteiger partial charge in [0.2, 0.25) is 5.88 Å². The van der Waals surface area contributed by atoms with Crippen LogP contribution in [-0.2, 0) is 7.05 Å². The predicted molar refractivity (Wildman–Crippen MR) is 115 cm³/mol. The number of ether oxygens (including phenoxy) is 1. The molecule has 31 heavy (non-hydrogen) atoms. The Kier molecular flexibility index (Phi) is 5.27. The van der Waals surface area contributed by atoms with Crippen LogP contribution in [0.3, 0.4) is 0 Å². The van der Waals surface area contributed by atoms with E-state index in [1.807, 2.05) is 13.2 Å². The molecule has 0 spiro atoms. The summed E-state index contributed by atoms with van der Waals surface area (Å²) in [6.45, 7) is 0.